The van der Waals surface area contributed by atoms with E-state index in [1.54, 1.807) is 0 Å². The number of hydrogen-bond donors (Lipinski definition) is 0. The van der Waals surface area contributed by atoms with Crippen LogP contribution in [0.4, 0.5) is 0 Å². The molecule has 0 unspecified atom stereocenters. The summed E-state index contributed by atoms with van der Waals surface area (Å²) in [6.45, 7) is 0. The first-order chi connectivity index (χ1) is 7.86. The van der Waals surface area contributed by atoms with Gasteiger partial charge in [-0.15, -0.1) is 0 Å². The van der Waals surface area contributed by atoms with E-state index in [0.717, 1.165) is 0 Å². The van der Waals surface area contributed by atoms with Gasteiger partial charge in [0.25, 0.3) is 0 Å². The molecule has 0 spiro atoms. The molecule has 16 heavy (non-hydrogen) atoms. The van der Waals surface area contributed by atoms with Crippen LogP contribution in [0.1, 0.15) is 43.7 Å². The monoisotopic (exact) mass is 278 g/mol. The predicted octanol–water partition coefficient (Wildman–Crippen LogP) is 4.14. The molecular formula is C13H15BrN2. The third-order valence-electron chi connectivity index (χ3n) is 3.50. The lowest BCUT2D eigenvalue weighted by Gasteiger charge is -2.19. The van der Waals surface area contributed by atoms with Crippen LogP contribution in [0.3, 0.4) is 0 Å². The molecule has 3 rings (SSSR count). The van der Waals surface area contributed by atoms with Crippen molar-refractivity contribution in [2.24, 2.45) is 0 Å². The van der Waals surface area contributed by atoms with Gasteiger partial charge in [0.2, 0.25) is 0 Å². The van der Waals surface area contributed by atoms with Crippen molar-refractivity contribution >= 4 is 21.4 Å². The lowest BCUT2D eigenvalue weighted by Crippen LogP contribution is -2.05. The molecule has 1 aliphatic rings. The van der Waals surface area contributed by atoms with Gasteiger partial charge >= 0.3 is 0 Å². The molecule has 1 aliphatic carbocycles. The highest BCUT2D eigenvalue weighted by Gasteiger charge is 2.21. The molecule has 3 heteroatoms. The summed E-state index contributed by atoms with van der Waals surface area (Å²) in [7, 11) is 0. The zero-order valence-corrected chi connectivity index (χ0v) is 10.8. The molecule has 0 N–H and O–H groups in total. The van der Waals surface area contributed by atoms with E-state index in [2.05, 4.69) is 28.1 Å². The molecule has 0 bridgehead atoms. The first-order valence-corrected chi connectivity index (χ1v) is 6.78. The Morgan fingerprint density at radius 1 is 1.19 bits per heavy atom. The minimum atomic E-state index is 0.656. The fourth-order valence-corrected chi connectivity index (χ4v) is 3.34. The molecule has 0 saturated heterocycles. The van der Waals surface area contributed by atoms with E-state index in [1.807, 2.05) is 16.8 Å². The summed E-state index contributed by atoms with van der Waals surface area (Å²) < 4.78 is 3.17. The summed E-state index contributed by atoms with van der Waals surface area (Å²) in [5.41, 5.74) is 2.44. The van der Waals surface area contributed by atoms with Gasteiger partial charge in [-0.3, -0.25) is 0 Å². The summed E-state index contributed by atoms with van der Waals surface area (Å²) in [6, 6.07) is 6.20. The van der Waals surface area contributed by atoms with E-state index < -0.39 is 0 Å². The number of nitrogens with zero attached hydrogens (tertiary/aromatic N) is 2. The molecule has 0 atom stereocenters. The van der Waals surface area contributed by atoms with Gasteiger partial charge in [-0.1, -0.05) is 25.3 Å². The van der Waals surface area contributed by atoms with Gasteiger partial charge in [0.05, 0.1) is 15.7 Å². The molecule has 1 saturated carbocycles. The molecule has 2 aromatic rings. The molecular weight excluding hydrogens is 264 g/mol. The van der Waals surface area contributed by atoms with Crippen molar-refractivity contribution in [2.75, 3.05) is 0 Å². The van der Waals surface area contributed by atoms with Crippen LogP contribution in [0.25, 0.3) is 5.52 Å². The van der Waals surface area contributed by atoms with Crippen LogP contribution < -0.4 is 0 Å². The topological polar surface area (TPSA) is 17.3 Å². The lowest BCUT2D eigenvalue weighted by molar-refractivity contribution is 0.434. The van der Waals surface area contributed by atoms with E-state index >= 15 is 0 Å². The zero-order valence-electron chi connectivity index (χ0n) is 9.19. The van der Waals surface area contributed by atoms with E-state index in [9.17, 15) is 0 Å². The van der Waals surface area contributed by atoms with E-state index in [1.165, 1.54) is 47.8 Å². The number of pyridine rings is 1. The first kappa shape index (κ1) is 10.3. The largest absolute Gasteiger partial charge is 0.240 e. The number of hydrogen-bond acceptors (Lipinski definition) is 1. The highest BCUT2D eigenvalue weighted by molar-refractivity contribution is 9.10. The van der Waals surface area contributed by atoms with Crippen LogP contribution in [0, 0.1) is 0 Å². The normalized spacial score (nSPS) is 18.1. The second-order valence-electron chi connectivity index (χ2n) is 4.56. The summed E-state index contributed by atoms with van der Waals surface area (Å²) in [5, 5.41) is 4.71. The smallest absolute Gasteiger partial charge is 0.0808 e. The van der Waals surface area contributed by atoms with Gasteiger partial charge in [-0.2, -0.15) is 5.10 Å². The van der Waals surface area contributed by atoms with Crippen LogP contribution in [-0.4, -0.2) is 9.61 Å². The third kappa shape index (κ3) is 1.67. The maximum Gasteiger partial charge on any atom is 0.0808 e. The molecule has 2 heterocycles. The highest BCUT2D eigenvalue weighted by atomic mass is 79.9. The van der Waals surface area contributed by atoms with Gasteiger partial charge in [0.15, 0.2) is 0 Å². The Kier molecular flexibility index (Phi) is 2.72. The fraction of sp³-hybridized carbons (Fsp3) is 0.462. The molecule has 0 radical (unpaired) electrons. The van der Waals surface area contributed by atoms with E-state index in [0.29, 0.717) is 5.92 Å². The lowest BCUT2D eigenvalue weighted by atomic mass is 9.87. The Labute approximate surface area is 104 Å². The van der Waals surface area contributed by atoms with E-state index in [-0.39, 0.29) is 0 Å². The van der Waals surface area contributed by atoms with Crippen molar-refractivity contribution in [1.82, 2.24) is 9.61 Å². The maximum atomic E-state index is 4.71. The maximum absolute atomic E-state index is 4.71. The number of rotatable bonds is 1. The Morgan fingerprint density at radius 2 is 2.00 bits per heavy atom. The van der Waals surface area contributed by atoms with Crippen LogP contribution in [-0.2, 0) is 0 Å². The van der Waals surface area contributed by atoms with Gasteiger partial charge in [-0.25, -0.2) is 4.52 Å². The Balaban J connectivity index is 2.05. The Morgan fingerprint density at radius 3 is 2.75 bits per heavy atom. The quantitative estimate of drug-likeness (QED) is 0.766. The van der Waals surface area contributed by atoms with Crippen LogP contribution >= 0.6 is 15.9 Å². The summed E-state index contributed by atoms with van der Waals surface area (Å²) in [6.07, 6.45) is 8.70. The Bertz CT molecular complexity index is 498. The van der Waals surface area contributed by atoms with Gasteiger partial charge in [0, 0.05) is 12.1 Å². The second-order valence-corrected chi connectivity index (χ2v) is 5.36. The number of halogens is 1. The van der Waals surface area contributed by atoms with Gasteiger partial charge in [-0.05, 0) is 40.9 Å². The van der Waals surface area contributed by atoms with Gasteiger partial charge < -0.3 is 0 Å². The fourth-order valence-electron chi connectivity index (χ4n) is 2.62. The highest BCUT2D eigenvalue weighted by Crippen LogP contribution is 2.37. The minimum absolute atomic E-state index is 0.656. The van der Waals surface area contributed by atoms with Crippen molar-refractivity contribution in [3.05, 3.63) is 34.6 Å². The van der Waals surface area contributed by atoms with Crippen molar-refractivity contribution in [1.29, 1.82) is 0 Å². The first-order valence-electron chi connectivity index (χ1n) is 5.99. The van der Waals surface area contributed by atoms with Crippen molar-refractivity contribution in [3.8, 4) is 0 Å². The molecule has 0 aromatic carbocycles. The average Bonchev–Trinajstić information content (AvgIpc) is 2.69. The predicted molar refractivity (Wildman–Crippen MR) is 68.7 cm³/mol. The summed E-state index contributed by atoms with van der Waals surface area (Å²) in [5.74, 6) is 0.656. The second kappa shape index (κ2) is 4.21. The van der Waals surface area contributed by atoms with Crippen LogP contribution in [0.15, 0.2) is 28.9 Å². The SMILES string of the molecule is Brc1c(C2CCCCC2)nn2ccccc12. The molecule has 2 aromatic heterocycles. The van der Waals surface area contributed by atoms with Crippen molar-refractivity contribution < 1.29 is 0 Å². The van der Waals surface area contributed by atoms with Gasteiger partial charge in [0.1, 0.15) is 0 Å². The van der Waals surface area contributed by atoms with E-state index in [4.69, 9.17) is 5.10 Å². The Hall–Kier alpha value is -0.830. The minimum Gasteiger partial charge on any atom is -0.240 e. The molecule has 84 valence electrons. The molecule has 1 fully saturated rings. The number of aromatic nitrogens is 2. The summed E-state index contributed by atoms with van der Waals surface area (Å²) in [4.78, 5) is 0. The standard InChI is InChI=1S/C13H15BrN2/c14-12-11-8-4-5-9-16(11)15-13(12)10-6-2-1-3-7-10/h4-5,8-10H,1-3,6-7H2. The summed E-state index contributed by atoms with van der Waals surface area (Å²) >= 11 is 3.70. The average molecular weight is 279 g/mol. The van der Waals surface area contributed by atoms with Crippen molar-refractivity contribution in [2.45, 2.75) is 38.0 Å². The molecule has 2 nitrogen and oxygen atoms in total. The third-order valence-corrected chi connectivity index (χ3v) is 4.31. The molecule has 0 amide bonds. The van der Waals surface area contributed by atoms with Crippen LogP contribution in [0.2, 0.25) is 0 Å². The zero-order chi connectivity index (χ0) is 11.0. The molecule has 0 aliphatic heterocycles. The number of fused-ring (bicyclic) bond motifs is 1. The van der Waals surface area contributed by atoms with Crippen molar-refractivity contribution in [3.63, 3.8) is 0 Å². The van der Waals surface area contributed by atoms with Crippen LogP contribution in [0.5, 0.6) is 0 Å².